The summed E-state index contributed by atoms with van der Waals surface area (Å²) in [6.45, 7) is 2.24. The van der Waals surface area contributed by atoms with Crippen molar-refractivity contribution in [3.8, 4) is 5.75 Å². The van der Waals surface area contributed by atoms with Crippen molar-refractivity contribution in [2.45, 2.75) is 24.9 Å². The Morgan fingerprint density at radius 1 is 1.17 bits per heavy atom. The first-order valence-corrected chi connectivity index (χ1v) is 6.38. The number of phenols is 1. The zero-order chi connectivity index (χ0) is 12.3. The smallest absolute Gasteiger partial charge is 0.115 e. The first-order valence-electron chi connectivity index (χ1n) is 6.38. The van der Waals surface area contributed by atoms with Crippen LogP contribution in [0.4, 0.5) is 0 Å². The van der Waals surface area contributed by atoms with Crippen molar-refractivity contribution in [1.82, 2.24) is 5.32 Å². The predicted molar refractivity (Wildman–Crippen MR) is 70.6 cm³/mol. The Morgan fingerprint density at radius 2 is 2.00 bits per heavy atom. The molecule has 2 bridgehead atoms. The van der Waals surface area contributed by atoms with Crippen molar-refractivity contribution < 1.29 is 5.11 Å². The topological polar surface area (TPSA) is 32.3 Å². The Kier molecular flexibility index (Phi) is 1.78. The molecule has 2 aliphatic rings. The van der Waals surface area contributed by atoms with Crippen molar-refractivity contribution in [2.75, 3.05) is 0 Å². The highest BCUT2D eigenvalue weighted by atomic mass is 16.3. The lowest BCUT2D eigenvalue weighted by Gasteiger charge is -2.34. The maximum absolute atomic E-state index is 9.69. The maximum Gasteiger partial charge on any atom is 0.115 e. The Morgan fingerprint density at radius 3 is 2.89 bits per heavy atom. The van der Waals surface area contributed by atoms with Crippen LogP contribution in [0.5, 0.6) is 5.75 Å². The summed E-state index contributed by atoms with van der Waals surface area (Å²) < 4.78 is 0. The lowest BCUT2D eigenvalue weighted by atomic mass is 9.82. The second-order valence-electron chi connectivity index (χ2n) is 5.45. The summed E-state index contributed by atoms with van der Waals surface area (Å²) in [5.74, 6) is 0.357. The van der Waals surface area contributed by atoms with E-state index in [0.717, 1.165) is 6.42 Å². The van der Waals surface area contributed by atoms with E-state index in [1.54, 1.807) is 6.07 Å². The second kappa shape index (κ2) is 3.15. The quantitative estimate of drug-likeness (QED) is 0.738. The fourth-order valence-electron chi connectivity index (χ4n) is 3.59. The van der Waals surface area contributed by atoms with Crippen LogP contribution in [0.15, 0.2) is 42.5 Å². The SMILES string of the molecule is C[C@@]12N[C@@H](Cc3ccccc31)c1cc(O)ccc12. The van der Waals surface area contributed by atoms with Gasteiger partial charge in [-0.3, -0.25) is 5.32 Å². The minimum atomic E-state index is -0.109. The molecule has 2 nitrogen and oxygen atoms in total. The number of aromatic hydroxyl groups is 1. The zero-order valence-electron chi connectivity index (χ0n) is 10.3. The molecule has 0 fully saturated rings. The largest absolute Gasteiger partial charge is 0.508 e. The van der Waals surface area contributed by atoms with Gasteiger partial charge in [0.1, 0.15) is 5.75 Å². The molecule has 0 spiro atoms. The van der Waals surface area contributed by atoms with Crippen molar-refractivity contribution in [1.29, 1.82) is 0 Å². The van der Waals surface area contributed by atoms with Crippen molar-refractivity contribution in [2.24, 2.45) is 0 Å². The molecule has 2 aliphatic heterocycles. The van der Waals surface area contributed by atoms with Crippen molar-refractivity contribution >= 4 is 0 Å². The number of hydrogen-bond acceptors (Lipinski definition) is 2. The molecule has 0 unspecified atom stereocenters. The third-order valence-corrected chi connectivity index (χ3v) is 4.39. The fraction of sp³-hybridized carbons (Fsp3) is 0.250. The van der Waals surface area contributed by atoms with Gasteiger partial charge in [-0.15, -0.1) is 0 Å². The van der Waals surface area contributed by atoms with Gasteiger partial charge in [0.05, 0.1) is 5.54 Å². The molecule has 2 atom stereocenters. The molecule has 0 radical (unpaired) electrons. The summed E-state index contributed by atoms with van der Waals surface area (Å²) in [6.07, 6.45) is 1.00. The second-order valence-corrected chi connectivity index (χ2v) is 5.45. The molecule has 18 heavy (non-hydrogen) atoms. The van der Waals surface area contributed by atoms with Crippen molar-refractivity contribution in [3.63, 3.8) is 0 Å². The van der Waals surface area contributed by atoms with E-state index in [1.165, 1.54) is 22.3 Å². The third-order valence-electron chi connectivity index (χ3n) is 4.39. The molecule has 2 N–H and O–H groups in total. The Hall–Kier alpha value is -1.80. The standard InChI is InChI=1S/C16H15NO/c1-16-13-5-3-2-4-10(13)8-15(17-16)12-9-11(18)6-7-14(12)16/h2-7,9,15,17-18H,8H2,1H3/t15-,16+/m0/s1. The van der Waals surface area contributed by atoms with Gasteiger partial charge in [-0.1, -0.05) is 30.3 Å². The zero-order valence-corrected chi connectivity index (χ0v) is 10.3. The van der Waals surface area contributed by atoms with E-state index < -0.39 is 0 Å². The van der Waals surface area contributed by atoms with Gasteiger partial charge in [-0.05, 0) is 47.7 Å². The molecular weight excluding hydrogens is 222 g/mol. The number of rotatable bonds is 0. The molecule has 2 aromatic rings. The number of benzene rings is 2. The fourth-order valence-corrected chi connectivity index (χ4v) is 3.59. The minimum Gasteiger partial charge on any atom is -0.508 e. The van der Waals surface area contributed by atoms with Crippen LogP contribution >= 0.6 is 0 Å². The monoisotopic (exact) mass is 237 g/mol. The van der Waals surface area contributed by atoms with Gasteiger partial charge in [-0.2, -0.15) is 0 Å². The van der Waals surface area contributed by atoms with Crippen LogP contribution in [0.25, 0.3) is 0 Å². The number of hydrogen-bond donors (Lipinski definition) is 2. The lowest BCUT2D eigenvalue weighted by molar-refractivity contribution is 0.388. The summed E-state index contributed by atoms with van der Waals surface area (Å²) in [5.41, 5.74) is 5.22. The van der Waals surface area contributed by atoms with Gasteiger partial charge in [0.2, 0.25) is 0 Å². The van der Waals surface area contributed by atoms with Crippen LogP contribution in [0, 0.1) is 0 Å². The third kappa shape index (κ3) is 1.11. The molecule has 0 aromatic heterocycles. The summed E-state index contributed by atoms with van der Waals surface area (Å²) in [4.78, 5) is 0. The predicted octanol–water partition coefficient (Wildman–Crippen LogP) is 2.86. The van der Waals surface area contributed by atoms with Crippen LogP contribution in [-0.4, -0.2) is 5.11 Å². The molecule has 90 valence electrons. The molecule has 0 amide bonds. The Labute approximate surface area is 106 Å². The molecule has 0 saturated carbocycles. The van der Waals surface area contributed by atoms with E-state index in [4.69, 9.17) is 0 Å². The van der Waals surface area contributed by atoms with Crippen LogP contribution < -0.4 is 5.32 Å². The molecular formula is C16H15NO. The first-order chi connectivity index (χ1) is 8.68. The number of nitrogens with one attached hydrogen (secondary N) is 1. The van der Waals surface area contributed by atoms with Gasteiger partial charge in [0, 0.05) is 6.04 Å². The highest BCUT2D eigenvalue weighted by molar-refractivity contribution is 5.55. The van der Waals surface area contributed by atoms with Gasteiger partial charge >= 0.3 is 0 Å². The van der Waals surface area contributed by atoms with Crippen LogP contribution in [0.2, 0.25) is 0 Å². The maximum atomic E-state index is 9.69. The average Bonchev–Trinajstić information content (AvgIpc) is 2.59. The van der Waals surface area contributed by atoms with E-state index in [9.17, 15) is 5.11 Å². The minimum absolute atomic E-state index is 0.109. The normalized spacial score (nSPS) is 27.7. The highest BCUT2D eigenvalue weighted by Crippen LogP contribution is 2.48. The van der Waals surface area contributed by atoms with Crippen LogP contribution in [0.3, 0.4) is 0 Å². The Balaban J connectivity index is 2.02. The van der Waals surface area contributed by atoms with Crippen LogP contribution in [0.1, 0.15) is 35.2 Å². The Bertz CT molecular complexity index is 649. The molecule has 2 heteroatoms. The van der Waals surface area contributed by atoms with Gasteiger partial charge < -0.3 is 5.11 Å². The summed E-state index contributed by atoms with van der Waals surface area (Å²) in [6, 6.07) is 14.7. The van der Waals surface area contributed by atoms with E-state index in [0.29, 0.717) is 11.8 Å². The summed E-state index contributed by atoms with van der Waals surface area (Å²) >= 11 is 0. The van der Waals surface area contributed by atoms with E-state index >= 15 is 0 Å². The van der Waals surface area contributed by atoms with Gasteiger partial charge in [-0.25, -0.2) is 0 Å². The van der Waals surface area contributed by atoms with E-state index in [2.05, 4.69) is 42.6 Å². The molecule has 0 saturated heterocycles. The first kappa shape index (κ1) is 10.2. The number of fused-ring (bicyclic) bond motifs is 7. The molecule has 2 aromatic carbocycles. The van der Waals surface area contributed by atoms with Crippen LogP contribution in [-0.2, 0) is 12.0 Å². The highest BCUT2D eigenvalue weighted by Gasteiger charge is 2.45. The molecule has 4 rings (SSSR count). The molecule has 2 heterocycles. The van der Waals surface area contributed by atoms with Crippen molar-refractivity contribution in [3.05, 3.63) is 64.7 Å². The van der Waals surface area contributed by atoms with E-state index in [-0.39, 0.29) is 5.54 Å². The molecule has 0 aliphatic carbocycles. The lowest BCUT2D eigenvalue weighted by Crippen LogP contribution is -2.41. The summed E-state index contributed by atoms with van der Waals surface area (Å²) in [5, 5.41) is 13.4. The number of phenolic OH excluding ortho intramolecular Hbond substituents is 1. The van der Waals surface area contributed by atoms with E-state index in [1.807, 2.05) is 6.07 Å². The van der Waals surface area contributed by atoms with Gasteiger partial charge in [0.15, 0.2) is 0 Å². The average molecular weight is 237 g/mol. The van der Waals surface area contributed by atoms with Gasteiger partial charge in [0.25, 0.3) is 0 Å². The summed E-state index contributed by atoms with van der Waals surface area (Å²) in [7, 11) is 0.